The summed E-state index contributed by atoms with van der Waals surface area (Å²) in [5.74, 6) is -1.23. The molecule has 580 valence electrons. The van der Waals surface area contributed by atoms with Crippen molar-refractivity contribution in [2.75, 3.05) is 93.6 Å². The number of amides is 1. The Bertz CT molecular complexity index is 4410. The van der Waals surface area contributed by atoms with Gasteiger partial charge >= 0.3 is 23.9 Å². The molecule has 109 heavy (non-hydrogen) atoms. The second-order valence-electron chi connectivity index (χ2n) is 22.4. The van der Waals surface area contributed by atoms with E-state index in [1.807, 2.05) is 42.5 Å². The Labute approximate surface area is 649 Å². The average molecular weight is 1580 g/mol. The largest absolute Gasteiger partial charge is 0.481 e. The molecule has 0 aliphatic carbocycles. The number of pyridine rings is 7. The molecule has 9 aromatic heterocycles. The number of methoxy groups -OCH3 is 6. The smallest absolute Gasteiger partial charge is 0.345 e. The molecule has 0 unspecified atom stereocenters. The van der Waals surface area contributed by atoms with Gasteiger partial charge in [-0.15, -0.1) is 0 Å². The van der Waals surface area contributed by atoms with Crippen molar-refractivity contribution in [3.8, 4) is 11.8 Å². The first-order valence-corrected chi connectivity index (χ1v) is 34.8. The van der Waals surface area contributed by atoms with Gasteiger partial charge in [0.25, 0.3) is 22.6 Å². The second-order valence-corrected chi connectivity index (χ2v) is 24.1. The molecule has 31 nitrogen and oxygen atoms in total. The molecule has 0 radical (unpaired) electrons. The third-order valence-corrected chi connectivity index (χ3v) is 14.9. The molecule has 0 fully saturated rings. The van der Waals surface area contributed by atoms with Gasteiger partial charge < -0.3 is 74.4 Å². The number of ether oxygens (including phenoxy) is 6. The van der Waals surface area contributed by atoms with Crippen LogP contribution in [0.5, 0.6) is 11.8 Å². The van der Waals surface area contributed by atoms with E-state index in [4.69, 9.17) is 67.3 Å². The van der Waals surface area contributed by atoms with E-state index >= 15 is 0 Å². The molecular formula is C74H87Cl4N17O14. The molecule has 1 amide bonds. The standard InChI is InChI=1S/C22H25ClN6O3.2C13H11ClN2O3.C10H14ClNO4.C10H18N4O.C6H8N2/c1-32-19-8-12-27-22(28-19)26-11-5-2-4-10-25-20(30)18-13-16(23)14-29(21(18)31)15-17-7-3-6-9-24-17;2*1-19-13(18)11-6-9(14)7-16(12(11)17)8-10-4-2-3-5-15-10;1-12(2)6-7(11)5-8(9(13)15-3)10(14)16-4;1-15-9-5-8-13-10(14-9)12-7-4-2-3-6-11;7-5-6-3-1-2-4-8-6/h3,6-9,12-14H,2,4-5,10-11,15H2,1H3,(H,25,30)(H,26,27,28);2*2-7H,8H2,1H3;5-6H,1-4H3;5,8H,2-4,6-7,11H2,1H3,(H,12,13,14);1-4H,5,7H2/b;;;7-6-;;. The molecule has 9 heterocycles. The number of nitrogens with zero attached hydrogens (tertiary/aromatic N) is 12. The summed E-state index contributed by atoms with van der Waals surface area (Å²) >= 11 is 23.7. The van der Waals surface area contributed by atoms with Crippen molar-refractivity contribution < 1.29 is 52.4 Å². The fourth-order valence-corrected chi connectivity index (χ4v) is 9.82. The number of allylic oxidation sites excluding steroid dienone is 2. The summed E-state index contributed by atoms with van der Waals surface area (Å²) in [7, 11) is 11.4. The van der Waals surface area contributed by atoms with Crippen LogP contribution in [0.2, 0.25) is 15.1 Å². The highest BCUT2D eigenvalue weighted by molar-refractivity contribution is 6.32. The molecule has 35 heteroatoms. The zero-order valence-corrected chi connectivity index (χ0v) is 64.3. The van der Waals surface area contributed by atoms with Gasteiger partial charge in [0, 0.05) is 114 Å². The van der Waals surface area contributed by atoms with Gasteiger partial charge in [0.15, 0.2) is 0 Å². The highest BCUT2D eigenvalue weighted by Crippen LogP contribution is 2.16. The number of unbranched alkanes of at least 4 members (excludes halogenated alkanes) is 4. The van der Waals surface area contributed by atoms with Crippen LogP contribution in [-0.4, -0.2) is 171 Å². The van der Waals surface area contributed by atoms with E-state index in [1.165, 1.54) is 91.2 Å². The molecule has 0 atom stereocenters. The lowest BCUT2D eigenvalue weighted by Crippen LogP contribution is -2.33. The van der Waals surface area contributed by atoms with Crippen LogP contribution in [0.1, 0.15) is 92.4 Å². The topological polar surface area (TPSA) is 401 Å². The number of hydrogen-bond acceptors (Lipinski definition) is 27. The molecule has 0 saturated carbocycles. The number of nitrogens with two attached hydrogens (primary N) is 2. The molecule has 9 aromatic rings. The lowest BCUT2D eigenvalue weighted by molar-refractivity contribution is -0.144. The van der Waals surface area contributed by atoms with Gasteiger partial charge in [0.2, 0.25) is 23.7 Å². The molecule has 0 aliphatic heterocycles. The minimum Gasteiger partial charge on any atom is -0.481 e. The summed E-state index contributed by atoms with van der Waals surface area (Å²) in [5, 5.41) is 10.2. The van der Waals surface area contributed by atoms with Gasteiger partial charge in [-0.3, -0.25) is 39.1 Å². The van der Waals surface area contributed by atoms with Crippen molar-refractivity contribution >= 4 is 88.1 Å². The van der Waals surface area contributed by atoms with E-state index in [-0.39, 0.29) is 57.0 Å². The number of carbonyl (C=O) groups excluding carboxylic acids is 5. The zero-order chi connectivity index (χ0) is 79.9. The summed E-state index contributed by atoms with van der Waals surface area (Å²) in [6.45, 7) is 4.04. The number of nitrogens with one attached hydrogen (secondary N) is 3. The first kappa shape index (κ1) is 89.9. The van der Waals surface area contributed by atoms with Crippen molar-refractivity contribution in [3.05, 3.63) is 267 Å². The van der Waals surface area contributed by atoms with Crippen LogP contribution >= 0.6 is 46.4 Å². The lowest BCUT2D eigenvalue weighted by atomic mass is 10.2. The quantitative estimate of drug-likeness (QED) is 0.00556. The van der Waals surface area contributed by atoms with E-state index in [9.17, 15) is 38.4 Å². The van der Waals surface area contributed by atoms with Crippen molar-refractivity contribution in [1.29, 1.82) is 0 Å². The number of esters is 4. The number of anilines is 2. The molecule has 0 aromatic carbocycles. The maximum Gasteiger partial charge on any atom is 0.345 e. The average Bonchev–Trinajstić information content (AvgIpc) is 0.831. The van der Waals surface area contributed by atoms with Gasteiger partial charge in [0.05, 0.1) is 105 Å². The highest BCUT2D eigenvalue weighted by atomic mass is 35.5. The molecule has 0 spiro atoms. The van der Waals surface area contributed by atoms with Crippen molar-refractivity contribution in [1.82, 2.24) is 63.8 Å². The Morgan fingerprint density at radius 1 is 0.477 bits per heavy atom. The molecule has 9 rings (SSSR count). The summed E-state index contributed by atoms with van der Waals surface area (Å²) < 4.78 is 32.1. The van der Waals surface area contributed by atoms with Crippen LogP contribution in [0.4, 0.5) is 11.9 Å². The van der Waals surface area contributed by atoms with Gasteiger partial charge in [-0.25, -0.2) is 29.1 Å². The van der Waals surface area contributed by atoms with Crippen molar-refractivity contribution in [2.24, 2.45) is 11.5 Å². The third-order valence-electron chi connectivity index (χ3n) is 14.1. The number of halogens is 4. The number of hydrogen-bond donors (Lipinski definition) is 5. The molecule has 7 N–H and O–H groups in total. The first-order chi connectivity index (χ1) is 52.5. The van der Waals surface area contributed by atoms with E-state index < -0.39 is 46.5 Å². The molecule has 0 bridgehead atoms. The van der Waals surface area contributed by atoms with E-state index in [0.29, 0.717) is 65.4 Å². The highest BCUT2D eigenvalue weighted by Gasteiger charge is 2.21. The maximum absolute atomic E-state index is 12.7. The van der Waals surface area contributed by atoms with E-state index in [0.717, 1.165) is 57.3 Å². The summed E-state index contributed by atoms with van der Waals surface area (Å²) in [6, 6.07) is 29.3. The Balaban J connectivity index is 0.000000288. The zero-order valence-electron chi connectivity index (χ0n) is 61.3. The van der Waals surface area contributed by atoms with Gasteiger partial charge in [-0.1, -0.05) is 77.1 Å². The van der Waals surface area contributed by atoms with Crippen LogP contribution in [0.3, 0.4) is 0 Å². The Morgan fingerprint density at radius 3 is 1.19 bits per heavy atom. The summed E-state index contributed by atoms with van der Waals surface area (Å²) in [5.41, 5.74) is 12.0. The molecule has 0 saturated heterocycles. The van der Waals surface area contributed by atoms with Crippen LogP contribution in [0.15, 0.2) is 196 Å². The van der Waals surface area contributed by atoms with Crippen molar-refractivity contribution in [2.45, 2.75) is 64.7 Å². The summed E-state index contributed by atoms with van der Waals surface area (Å²) in [6.07, 6.45) is 22.9. The van der Waals surface area contributed by atoms with Gasteiger partial charge in [0.1, 0.15) is 22.3 Å². The monoisotopic (exact) mass is 1580 g/mol. The first-order valence-electron chi connectivity index (χ1n) is 33.3. The van der Waals surface area contributed by atoms with Crippen LogP contribution in [-0.2, 0) is 54.7 Å². The number of carbonyl (C=O) groups is 5. The normalized spacial score (nSPS) is 10.2. The SMILES string of the molecule is COC(=O)C(=C/C(Cl)=C/N(C)C)C(=O)OC.COC(=O)c1cc(Cl)cn(Cc2ccccn2)c1=O.COC(=O)c1cc(Cl)cn(Cc2ccccn2)c1=O.COc1ccnc(NCCCCCN)n1.COc1ccnc(NCCCCCNC(=O)c2cc(Cl)cn(Cc3ccccn3)c2=O)n1.NCc1ccccn1. The Hall–Kier alpha value is -11.5. The fraction of sp³-hybridized carbons (Fsp3) is 0.297. The minimum absolute atomic E-state index is 0.0188. The second kappa shape index (κ2) is 50.9. The maximum atomic E-state index is 12.7. The van der Waals surface area contributed by atoms with Crippen LogP contribution in [0, 0.1) is 0 Å². The van der Waals surface area contributed by atoms with Crippen molar-refractivity contribution in [3.63, 3.8) is 0 Å². The molecule has 0 aliphatic rings. The van der Waals surface area contributed by atoms with Gasteiger partial charge in [-0.2, -0.15) is 9.97 Å². The van der Waals surface area contributed by atoms with E-state index in [2.05, 4.69) is 74.8 Å². The lowest BCUT2D eigenvalue weighted by Gasteiger charge is -2.10. The van der Waals surface area contributed by atoms with Gasteiger partial charge in [-0.05, 0) is 111 Å². The molecular weight excluding hydrogens is 1490 g/mol. The Morgan fingerprint density at radius 2 is 0.853 bits per heavy atom. The summed E-state index contributed by atoms with van der Waals surface area (Å²) in [4.78, 5) is 129. The third kappa shape index (κ3) is 33.9. The fourth-order valence-electron chi connectivity index (χ4n) is 8.84. The number of rotatable bonds is 29. The predicted octanol–water partition coefficient (Wildman–Crippen LogP) is 8.69. The number of aromatic nitrogens is 11. The van der Waals surface area contributed by atoms with E-state index in [1.54, 1.807) is 113 Å². The predicted molar refractivity (Wildman–Crippen MR) is 415 cm³/mol. The van der Waals surface area contributed by atoms with Crippen LogP contribution < -0.4 is 53.6 Å². The Kier molecular flexibility index (Phi) is 42.0. The minimum atomic E-state index is -0.794. The van der Waals surface area contributed by atoms with Crippen LogP contribution in [0.25, 0.3) is 0 Å².